The third-order valence-electron chi connectivity index (χ3n) is 3.34. The molecule has 0 aromatic rings. The Balaban J connectivity index is 1.83. The van der Waals surface area contributed by atoms with Gasteiger partial charge in [-0.1, -0.05) is 0 Å². The van der Waals surface area contributed by atoms with Crippen LogP contribution in [0.1, 0.15) is 19.3 Å². The molecule has 1 atom stereocenters. The van der Waals surface area contributed by atoms with Crippen LogP contribution in [0.2, 0.25) is 0 Å². The lowest BCUT2D eigenvalue weighted by Crippen LogP contribution is -2.47. The van der Waals surface area contributed by atoms with Gasteiger partial charge in [0.25, 0.3) is 0 Å². The number of fused-ring (bicyclic) bond motifs is 1. The molecule has 0 radical (unpaired) electrons. The fraction of sp³-hybridized carbons (Fsp3) is 0.900. The predicted molar refractivity (Wildman–Crippen MR) is 57.9 cm³/mol. The number of thiol groups is 1. The van der Waals surface area contributed by atoms with Crippen molar-refractivity contribution in [3.63, 3.8) is 0 Å². The molecule has 1 amide bonds. The normalized spacial score (nSPS) is 35.5. The highest BCUT2D eigenvalue weighted by Gasteiger charge is 2.65. The van der Waals surface area contributed by atoms with Crippen molar-refractivity contribution >= 4 is 18.5 Å². The number of alkyl halides is 3. The fourth-order valence-electron chi connectivity index (χ4n) is 2.54. The van der Waals surface area contributed by atoms with Crippen LogP contribution in [0, 0.1) is 5.92 Å². The monoisotopic (exact) mass is 269 g/mol. The highest BCUT2D eigenvalue weighted by atomic mass is 32.1. The molecular weight excluding hydrogens is 255 g/mol. The van der Waals surface area contributed by atoms with E-state index in [0.717, 1.165) is 0 Å². The molecule has 3 aliphatic rings. The molecule has 3 fully saturated rings. The third-order valence-corrected chi connectivity index (χ3v) is 3.57. The van der Waals surface area contributed by atoms with Crippen molar-refractivity contribution < 1.29 is 22.7 Å². The van der Waals surface area contributed by atoms with E-state index in [0.29, 0.717) is 18.6 Å². The Morgan fingerprint density at radius 1 is 1.47 bits per heavy atom. The summed E-state index contributed by atoms with van der Waals surface area (Å²) < 4.78 is 42.6. The van der Waals surface area contributed by atoms with Crippen LogP contribution in [0.15, 0.2) is 0 Å². The first-order valence-corrected chi connectivity index (χ1v) is 6.12. The van der Waals surface area contributed by atoms with Crippen LogP contribution in [0.25, 0.3) is 0 Å². The van der Waals surface area contributed by atoms with E-state index >= 15 is 0 Å². The third kappa shape index (κ3) is 2.54. The maximum absolute atomic E-state index is 12.5. The molecule has 2 aliphatic heterocycles. The highest BCUT2D eigenvalue weighted by Crippen LogP contribution is 2.56. The van der Waals surface area contributed by atoms with Crippen LogP contribution in [0.5, 0.6) is 0 Å². The Morgan fingerprint density at radius 3 is 2.59 bits per heavy atom. The molecular formula is C10H14F3NO2S. The number of hydrogen-bond acceptors (Lipinski definition) is 3. The Bertz CT molecular complexity index is 315. The van der Waals surface area contributed by atoms with Gasteiger partial charge in [-0.05, 0) is 24.5 Å². The molecule has 1 aliphatic carbocycles. The zero-order chi connectivity index (χ0) is 12.7. The molecule has 1 unspecified atom stereocenters. The summed E-state index contributed by atoms with van der Waals surface area (Å²) in [6.07, 6.45) is -4.90. The number of hydrogen-bond donors (Lipinski definition) is 2. The van der Waals surface area contributed by atoms with E-state index < -0.39 is 23.8 Å². The van der Waals surface area contributed by atoms with Gasteiger partial charge in [0.05, 0.1) is 5.60 Å². The SMILES string of the molecule is O=C(CCS)NCC12CC(C1)C(C(F)(F)F)O2. The summed E-state index contributed by atoms with van der Waals surface area (Å²) in [6.45, 7) is 0.169. The van der Waals surface area contributed by atoms with Crippen LogP contribution < -0.4 is 5.32 Å². The molecule has 1 N–H and O–H groups in total. The van der Waals surface area contributed by atoms with Crippen molar-refractivity contribution in [1.29, 1.82) is 0 Å². The number of rotatable bonds is 4. The molecule has 0 spiro atoms. The van der Waals surface area contributed by atoms with Gasteiger partial charge in [-0.3, -0.25) is 4.79 Å². The minimum absolute atomic E-state index is 0.169. The zero-order valence-corrected chi connectivity index (χ0v) is 9.98. The molecule has 1 saturated carbocycles. The van der Waals surface area contributed by atoms with Gasteiger partial charge in [-0.2, -0.15) is 25.8 Å². The number of halogens is 3. The predicted octanol–water partition coefficient (Wildman–Crippen LogP) is 1.53. The minimum atomic E-state index is -4.29. The summed E-state index contributed by atoms with van der Waals surface area (Å²) in [5.41, 5.74) is -0.781. The second-order valence-corrected chi connectivity index (χ2v) is 5.13. The standard InChI is InChI=1S/C10H14F3NO2S/c11-10(12,13)8-6-3-9(4-6,16-8)5-14-7(15)1-2-17/h6,8,17H,1-5H2,(H,14,15). The smallest absolute Gasteiger partial charge is 0.360 e. The van der Waals surface area contributed by atoms with Crippen molar-refractivity contribution in [2.24, 2.45) is 5.92 Å². The quantitative estimate of drug-likeness (QED) is 0.760. The van der Waals surface area contributed by atoms with Gasteiger partial charge >= 0.3 is 6.18 Å². The molecule has 98 valence electrons. The average molecular weight is 269 g/mol. The summed E-state index contributed by atoms with van der Waals surface area (Å²) in [5, 5.41) is 2.60. The topological polar surface area (TPSA) is 38.3 Å². The molecule has 17 heavy (non-hydrogen) atoms. The van der Waals surface area contributed by atoms with E-state index in [4.69, 9.17) is 4.74 Å². The van der Waals surface area contributed by atoms with Crippen LogP contribution in [0.4, 0.5) is 13.2 Å². The summed E-state index contributed by atoms with van der Waals surface area (Å²) in [5.74, 6) is -0.207. The maximum atomic E-state index is 12.5. The molecule has 2 heterocycles. The average Bonchev–Trinajstić information content (AvgIpc) is 2.68. The van der Waals surface area contributed by atoms with Crippen molar-refractivity contribution in [3.8, 4) is 0 Å². The largest absolute Gasteiger partial charge is 0.414 e. The van der Waals surface area contributed by atoms with E-state index in [1.54, 1.807) is 0 Å². The molecule has 2 bridgehead atoms. The van der Waals surface area contributed by atoms with Gasteiger partial charge in [0.2, 0.25) is 5.91 Å². The first-order valence-electron chi connectivity index (χ1n) is 5.48. The number of ether oxygens (including phenoxy) is 1. The summed E-state index contributed by atoms with van der Waals surface area (Å²) in [4.78, 5) is 11.2. The molecule has 2 saturated heterocycles. The van der Waals surface area contributed by atoms with Gasteiger partial charge in [-0.25, -0.2) is 0 Å². The lowest BCUT2D eigenvalue weighted by Gasteiger charge is -2.35. The van der Waals surface area contributed by atoms with Crippen LogP contribution in [-0.2, 0) is 9.53 Å². The van der Waals surface area contributed by atoms with Crippen molar-refractivity contribution in [1.82, 2.24) is 5.32 Å². The summed E-state index contributed by atoms with van der Waals surface area (Å²) >= 11 is 3.90. The lowest BCUT2D eigenvalue weighted by atomic mass is 9.72. The molecule has 7 heteroatoms. The molecule has 0 aromatic heterocycles. The van der Waals surface area contributed by atoms with Crippen molar-refractivity contribution in [2.45, 2.75) is 37.1 Å². The number of amides is 1. The zero-order valence-electron chi connectivity index (χ0n) is 9.09. The van der Waals surface area contributed by atoms with E-state index in [-0.39, 0.29) is 18.9 Å². The van der Waals surface area contributed by atoms with Crippen molar-refractivity contribution in [3.05, 3.63) is 0 Å². The van der Waals surface area contributed by atoms with E-state index in [9.17, 15) is 18.0 Å². The van der Waals surface area contributed by atoms with E-state index in [2.05, 4.69) is 17.9 Å². The Hall–Kier alpha value is -0.430. The minimum Gasteiger partial charge on any atom is -0.360 e. The van der Waals surface area contributed by atoms with Gasteiger partial charge in [0, 0.05) is 13.0 Å². The van der Waals surface area contributed by atoms with Gasteiger partial charge in [0.1, 0.15) is 0 Å². The van der Waals surface area contributed by atoms with Crippen LogP contribution >= 0.6 is 12.6 Å². The Labute approximate surface area is 102 Å². The Morgan fingerprint density at radius 2 is 2.12 bits per heavy atom. The van der Waals surface area contributed by atoms with E-state index in [1.165, 1.54) is 0 Å². The number of carbonyl (C=O) groups excluding carboxylic acids is 1. The number of nitrogens with one attached hydrogen (secondary N) is 1. The highest BCUT2D eigenvalue weighted by molar-refractivity contribution is 7.80. The summed E-state index contributed by atoms with van der Waals surface area (Å²) in [7, 11) is 0. The van der Waals surface area contributed by atoms with Gasteiger partial charge in [0.15, 0.2) is 6.10 Å². The van der Waals surface area contributed by atoms with Gasteiger partial charge in [-0.15, -0.1) is 0 Å². The first kappa shape index (κ1) is 13.0. The molecule has 3 rings (SSSR count). The lowest BCUT2D eigenvalue weighted by molar-refractivity contribution is -0.216. The van der Waals surface area contributed by atoms with E-state index in [1.807, 2.05) is 0 Å². The summed E-state index contributed by atoms with van der Waals surface area (Å²) in [6, 6.07) is 0. The Kier molecular flexibility index (Phi) is 3.33. The first-order chi connectivity index (χ1) is 7.86. The maximum Gasteiger partial charge on any atom is 0.414 e. The van der Waals surface area contributed by atoms with Crippen LogP contribution in [0.3, 0.4) is 0 Å². The second kappa shape index (κ2) is 4.35. The number of carbonyl (C=O) groups is 1. The second-order valence-electron chi connectivity index (χ2n) is 4.68. The fourth-order valence-corrected chi connectivity index (χ4v) is 2.74. The van der Waals surface area contributed by atoms with Crippen LogP contribution in [-0.4, -0.2) is 36.1 Å². The molecule has 3 nitrogen and oxygen atoms in total. The van der Waals surface area contributed by atoms with Crippen molar-refractivity contribution in [2.75, 3.05) is 12.3 Å². The molecule has 0 aromatic carbocycles. The van der Waals surface area contributed by atoms with Gasteiger partial charge < -0.3 is 10.1 Å².